The molecule has 0 fully saturated rings. The number of phenols is 1. The molecule has 0 aliphatic heterocycles. The summed E-state index contributed by atoms with van der Waals surface area (Å²) in [6, 6.07) is 9.19. The van der Waals surface area contributed by atoms with E-state index in [1.807, 2.05) is 0 Å². The molecule has 0 atom stereocenters. The average Bonchev–Trinajstić information content (AvgIpc) is 2.33. The van der Waals surface area contributed by atoms with Gasteiger partial charge in [-0.3, -0.25) is 0 Å². The van der Waals surface area contributed by atoms with Crippen molar-refractivity contribution in [3.8, 4) is 5.75 Å². The molecule has 2 aromatic rings. The summed E-state index contributed by atoms with van der Waals surface area (Å²) >= 11 is 11.7. The third kappa shape index (κ3) is 3.56. The number of phenolic OH excluding ortho intramolecular Hbond substituents is 1. The van der Waals surface area contributed by atoms with Gasteiger partial charge in [0.15, 0.2) is 0 Å². The third-order valence-corrected chi connectivity index (χ3v) is 3.11. The van der Waals surface area contributed by atoms with E-state index in [9.17, 15) is 9.90 Å². The highest BCUT2D eigenvalue weighted by Gasteiger charge is 2.08. The highest BCUT2D eigenvalue weighted by Crippen LogP contribution is 2.25. The van der Waals surface area contributed by atoms with Crippen molar-refractivity contribution in [2.24, 2.45) is 0 Å². The van der Waals surface area contributed by atoms with Gasteiger partial charge in [0, 0.05) is 27.0 Å². The molecule has 3 N–H and O–H groups in total. The van der Waals surface area contributed by atoms with Gasteiger partial charge in [0.2, 0.25) is 0 Å². The number of nitrogens with one attached hydrogen (secondary N) is 2. The zero-order chi connectivity index (χ0) is 14.7. The molecule has 6 heteroatoms. The van der Waals surface area contributed by atoms with Crippen molar-refractivity contribution in [2.45, 2.75) is 6.92 Å². The molecular weight excluding hydrogens is 299 g/mol. The van der Waals surface area contributed by atoms with E-state index in [1.54, 1.807) is 43.3 Å². The number of aromatic hydroxyl groups is 1. The number of amides is 2. The highest BCUT2D eigenvalue weighted by atomic mass is 35.5. The van der Waals surface area contributed by atoms with Crippen LogP contribution in [-0.2, 0) is 0 Å². The number of benzene rings is 2. The Balaban J connectivity index is 2.11. The van der Waals surface area contributed by atoms with Gasteiger partial charge in [-0.15, -0.1) is 0 Å². The van der Waals surface area contributed by atoms with E-state index in [1.165, 1.54) is 0 Å². The van der Waals surface area contributed by atoms with E-state index in [2.05, 4.69) is 10.6 Å². The Morgan fingerprint density at radius 3 is 2.40 bits per heavy atom. The van der Waals surface area contributed by atoms with Gasteiger partial charge in [-0.05, 0) is 37.3 Å². The normalized spacial score (nSPS) is 10.2. The van der Waals surface area contributed by atoms with Gasteiger partial charge in [0.1, 0.15) is 5.75 Å². The summed E-state index contributed by atoms with van der Waals surface area (Å²) in [5, 5.41) is 15.7. The number of anilines is 2. The van der Waals surface area contributed by atoms with Crippen LogP contribution in [0.1, 0.15) is 5.56 Å². The van der Waals surface area contributed by atoms with Crippen LogP contribution in [0, 0.1) is 6.92 Å². The molecule has 0 saturated heterocycles. The summed E-state index contributed by atoms with van der Waals surface area (Å²) in [5.74, 6) is 0.119. The van der Waals surface area contributed by atoms with Crippen LogP contribution >= 0.6 is 23.2 Å². The summed E-state index contributed by atoms with van der Waals surface area (Å²) in [7, 11) is 0. The Hall–Kier alpha value is -1.91. The van der Waals surface area contributed by atoms with Crippen molar-refractivity contribution in [1.82, 2.24) is 0 Å². The van der Waals surface area contributed by atoms with Gasteiger partial charge < -0.3 is 15.7 Å². The lowest BCUT2D eigenvalue weighted by Gasteiger charge is -2.11. The first-order chi connectivity index (χ1) is 9.45. The van der Waals surface area contributed by atoms with Gasteiger partial charge in [0.05, 0.1) is 0 Å². The van der Waals surface area contributed by atoms with Crippen LogP contribution in [0.5, 0.6) is 5.75 Å². The van der Waals surface area contributed by atoms with E-state index < -0.39 is 6.03 Å². The zero-order valence-electron chi connectivity index (χ0n) is 10.6. The van der Waals surface area contributed by atoms with Crippen LogP contribution in [0.3, 0.4) is 0 Å². The molecule has 2 aromatic carbocycles. The van der Waals surface area contributed by atoms with E-state index in [0.29, 0.717) is 27.0 Å². The SMILES string of the molecule is Cc1c(O)cccc1NC(=O)Nc1cc(Cl)cc(Cl)c1. The van der Waals surface area contributed by atoms with Gasteiger partial charge in [-0.25, -0.2) is 4.79 Å². The largest absolute Gasteiger partial charge is 0.508 e. The van der Waals surface area contributed by atoms with E-state index in [4.69, 9.17) is 23.2 Å². The van der Waals surface area contributed by atoms with Crippen LogP contribution < -0.4 is 10.6 Å². The molecule has 0 saturated carbocycles. The van der Waals surface area contributed by atoms with Gasteiger partial charge in [0.25, 0.3) is 0 Å². The van der Waals surface area contributed by atoms with Crippen molar-refractivity contribution in [3.05, 3.63) is 52.0 Å². The molecule has 4 nitrogen and oxygen atoms in total. The Morgan fingerprint density at radius 2 is 1.75 bits per heavy atom. The zero-order valence-corrected chi connectivity index (χ0v) is 12.1. The number of halogens is 2. The molecule has 0 aliphatic rings. The first-order valence-electron chi connectivity index (χ1n) is 5.78. The molecule has 2 rings (SSSR count). The predicted molar refractivity (Wildman–Crippen MR) is 81.9 cm³/mol. The van der Waals surface area contributed by atoms with Crippen molar-refractivity contribution in [3.63, 3.8) is 0 Å². The van der Waals surface area contributed by atoms with Crippen molar-refractivity contribution < 1.29 is 9.90 Å². The number of hydrogen-bond donors (Lipinski definition) is 3. The van der Waals surface area contributed by atoms with Crippen molar-refractivity contribution >= 4 is 40.6 Å². The van der Waals surface area contributed by atoms with Gasteiger partial charge >= 0.3 is 6.03 Å². The second-order valence-corrected chi connectivity index (χ2v) is 5.06. The van der Waals surface area contributed by atoms with Crippen LogP contribution in [0.4, 0.5) is 16.2 Å². The van der Waals surface area contributed by atoms with E-state index >= 15 is 0 Å². The van der Waals surface area contributed by atoms with E-state index in [0.717, 1.165) is 0 Å². The van der Waals surface area contributed by atoms with Crippen LogP contribution in [0.25, 0.3) is 0 Å². The summed E-state index contributed by atoms with van der Waals surface area (Å²) < 4.78 is 0. The Morgan fingerprint density at radius 1 is 1.10 bits per heavy atom. The standard InChI is InChI=1S/C14H12Cl2N2O2/c1-8-12(3-2-4-13(8)19)18-14(20)17-11-6-9(15)5-10(16)7-11/h2-7,19H,1H3,(H2,17,18,20). The first-order valence-corrected chi connectivity index (χ1v) is 6.54. The van der Waals surface area contributed by atoms with Crippen LogP contribution in [0.2, 0.25) is 10.0 Å². The van der Waals surface area contributed by atoms with Gasteiger partial charge in [-0.2, -0.15) is 0 Å². The minimum atomic E-state index is -0.447. The fourth-order valence-corrected chi connectivity index (χ4v) is 2.20. The smallest absolute Gasteiger partial charge is 0.323 e. The maximum atomic E-state index is 11.9. The molecule has 0 heterocycles. The number of carbonyl (C=O) groups is 1. The average molecular weight is 311 g/mol. The molecule has 20 heavy (non-hydrogen) atoms. The maximum Gasteiger partial charge on any atom is 0.323 e. The highest BCUT2D eigenvalue weighted by molar-refractivity contribution is 6.35. The first kappa shape index (κ1) is 14.5. The third-order valence-electron chi connectivity index (χ3n) is 2.67. The molecule has 2 amide bonds. The Bertz CT molecular complexity index is 639. The lowest BCUT2D eigenvalue weighted by atomic mass is 10.2. The number of urea groups is 1. The number of rotatable bonds is 2. The molecule has 0 spiro atoms. The van der Waals surface area contributed by atoms with E-state index in [-0.39, 0.29) is 5.75 Å². The summed E-state index contributed by atoms with van der Waals surface area (Å²) in [6.07, 6.45) is 0. The minimum absolute atomic E-state index is 0.119. The number of carbonyl (C=O) groups excluding carboxylic acids is 1. The summed E-state index contributed by atoms with van der Waals surface area (Å²) in [4.78, 5) is 11.9. The van der Waals surface area contributed by atoms with Gasteiger partial charge in [-0.1, -0.05) is 29.3 Å². The van der Waals surface area contributed by atoms with Crippen LogP contribution in [-0.4, -0.2) is 11.1 Å². The van der Waals surface area contributed by atoms with Crippen molar-refractivity contribution in [1.29, 1.82) is 0 Å². The molecule has 0 aromatic heterocycles. The predicted octanol–water partition coefficient (Wildman–Crippen LogP) is 4.65. The molecular formula is C14H12Cl2N2O2. The Kier molecular flexibility index (Phi) is 4.37. The molecule has 0 radical (unpaired) electrons. The fourth-order valence-electron chi connectivity index (χ4n) is 1.67. The molecule has 0 aliphatic carbocycles. The maximum absolute atomic E-state index is 11.9. The second-order valence-electron chi connectivity index (χ2n) is 4.19. The summed E-state index contributed by atoms with van der Waals surface area (Å²) in [5.41, 5.74) is 1.60. The monoisotopic (exact) mass is 310 g/mol. The summed E-state index contributed by atoms with van der Waals surface area (Å²) in [6.45, 7) is 1.71. The number of hydrogen-bond acceptors (Lipinski definition) is 2. The minimum Gasteiger partial charge on any atom is -0.508 e. The lowest BCUT2D eigenvalue weighted by Crippen LogP contribution is -2.19. The molecule has 0 bridgehead atoms. The topological polar surface area (TPSA) is 61.4 Å². The second kappa shape index (κ2) is 6.03. The van der Waals surface area contributed by atoms with Crippen molar-refractivity contribution in [2.75, 3.05) is 10.6 Å². The Labute approximate surface area is 126 Å². The lowest BCUT2D eigenvalue weighted by molar-refractivity contribution is 0.262. The molecule has 0 unspecified atom stereocenters. The van der Waals surface area contributed by atoms with Crippen LogP contribution in [0.15, 0.2) is 36.4 Å². The fraction of sp³-hybridized carbons (Fsp3) is 0.0714. The molecule has 104 valence electrons. The quantitative estimate of drug-likeness (QED) is 0.756.